The molecule has 6 rings (SSSR count). The third-order valence-corrected chi connectivity index (χ3v) is 8.44. The van der Waals surface area contributed by atoms with Gasteiger partial charge in [-0.3, -0.25) is 28.8 Å². The average molecular weight is 672 g/mol. The SMILES string of the molecule is CCCNC(=O)c1cc2cc(c1)C(=O)N(CCC)CC(=O)N[C@@H]1CN(C(=O)c3cnc4cnn(C)c4c3)C[C@H]1OCc1cc(F)cc(c1)O2. The molecule has 2 N–H and O–H groups in total. The summed E-state index contributed by atoms with van der Waals surface area (Å²) in [5.41, 5.74) is 2.49. The molecule has 4 aromatic rings. The largest absolute Gasteiger partial charge is 0.457 e. The molecule has 4 heterocycles. The Bertz CT molecular complexity index is 1910. The highest BCUT2D eigenvalue weighted by atomic mass is 19.1. The normalized spacial score (nSPS) is 18.2. The fourth-order valence-corrected chi connectivity index (χ4v) is 6.06. The number of hydrogen-bond acceptors (Lipinski definition) is 8. The Morgan fingerprint density at radius 1 is 1.00 bits per heavy atom. The topological polar surface area (TPSA) is 148 Å². The van der Waals surface area contributed by atoms with Gasteiger partial charge in [0, 0.05) is 56.6 Å². The molecule has 2 aliphatic heterocycles. The van der Waals surface area contributed by atoms with E-state index in [1.165, 1.54) is 41.4 Å². The van der Waals surface area contributed by atoms with Crippen LogP contribution in [0.15, 0.2) is 54.9 Å². The number of carbonyl (C=O) groups excluding carboxylic acids is 4. The minimum Gasteiger partial charge on any atom is -0.457 e. The molecule has 2 aliphatic rings. The zero-order valence-corrected chi connectivity index (χ0v) is 27.6. The molecule has 2 atom stereocenters. The van der Waals surface area contributed by atoms with E-state index in [9.17, 15) is 23.6 Å². The first kappa shape index (κ1) is 33.5. The Kier molecular flexibility index (Phi) is 9.85. The van der Waals surface area contributed by atoms with Crippen molar-refractivity contribution in [2.75, 3.05) is 32.7 Å². The second kappa shape index (κ2) is 14.4. The van der Waals surface area contributed by atoms with Crippen LogP contribution in [-0.2, 0) is 23.2 Å². The lowest BCUT2D eigenvalue weighted by Crippen LogP contribution is -2.49. The predicted molar refractivity (Wildman–Crippen MR) is 177 cm³/mol. The maximum absolute atomic E-state index is 14.9. The Morgan fingerprint density at radius 3 is 2.61 bits per heavy atom. The zero-order chi connectivity index (χ0) is 34.7. The Balaban J connectivity index is 1.32. The Hall–Kier alpha value is -5.37. The summed E-state index contributed by atoms with van der Waals surface area (Å²) in [4.78, 5) is 61.4. The van der Waals surface area contributed by atoms with Gasteiger partial charge in [-0.25, -0.2) is 4.39 Å². The van der Waals surface area contributed by atoms with Gasteiger partial charge in [0.1, 0.15) is 22.8 Å². The zero-order valence-electron chi connectivity index (χ0n) is 27.6. The standard InChI is InChI=1S/C35H38FN7O6/c1-4-6-37-33(45)22-10-23-12-27(11-22)49-26-9-21(8-25(36)14-26)20-48-31-18-43(17-29(31)40-32(44)19-42(7-5-2)34(23)46)35(47)24-13-30-28(38-15-24)16-39-41(30)3/h8-16,29,31H,4-7,17-20H2,1-3H3,(H,37,45)(H,40,44)/t29-,31-/m1/s1. The number of fused-ring (bicyclic) bond motifs is 6. The van der Waals surface area contributed by atoms with Crippen LogP contribution in [0.2, 0.25) is 0 Å². The number of nitrogens with zero attached hydrogens (tertiary/aromatic N) is 5. The summed E-state index contributed by atoms with van der Waals surface area (Å²) in [6.45, 7) is 4.49. The predicted octanol–water partition coefficient (Wildman–Crippen LogP) is 3.43. The van der Waals surface area contributed by atoms with Crippen LogP contribution in [0.3, 0.4) is 0 Å². The quantitative estimate of drug-likeness (QED) is 0.317. The number of ether oxygens (including phenoxy) is 2. The van der Waals surface area contributed by atoms with E-state index >= 15 is 0 Å². The highest BCUT2D eigenvalue weighted by Crippen LogP contribution is 2.28. The lowest BCUT2D eigenvalue weighted by molar-refractivity contribution is -0.123. The molecule has 2 aromatic heterocycles. The highest BCUT2D eigenvalue weighted by Gasteiger charge is 2.38. The molecule has 13 nitrogen and oxygen atoms in total. The molecule has 1 saturated heterocycles. The van der Waals surface area contributed by atoms with Crippen LogP contribution in [0.25, 0.3) is 11.0 Å². The van der Waals surface area contributed by atoms with Gasteiger partial charge in [0.05, 0.1) is 42.6 Å². The maximum Gasteiger partial charge on any atom is 0.255 e. The van der Waals surface area contributed by atoms with E-state index < -0.39 is 35.7 Å². The van der Waals surface area contributed by atoms with Gasteiger partial charge in [-0.2, -0.15) is 5.10 Å². The fourth-order valence-electron chi connectivity index (χ4n) is 6.06. The number of halogens is 1. The molecule has 14 heteroatoms. The van der Waals surface area contributed by atoms with Crippen molar-refractivity contribution in [2.24, 2.45) is 7.05 Å². The lowest BCUT2D eigenvalue weighted by Gasteiger charge is -2.25. The van der Waals surface area contributed by atoms with Crippen LogP contribution in [0.5, 0.6) is 11.5 Å². The number of benzene rings is 2. The molecule has 0 spiro atoms. The molecule has 49 heavy (non-hydrogen) atoms. The van der Waals surface area contributed by atoms with Crippen molar-refractivity contribution in [2.45, 2.75) is 45.4 Å². The minimum atomic E-state index is -0.644. The number of hydrogen-bond donors (Lipinski definition) is 2. The second-order valence-electron chi connectivity index (χ2n) is 12.3. The van der Waals surface area contributed by atoms with Crippen LogP contribution in [-0.4, -0.2) is 93.1 Å². The number of aromatic nitrogens is 3. The number of carbonyl (C=O) groups is 4. The average Bonchev–Trinajstić information content (AvgIpc) is 3.66. The van der Waals surface area contributed by atoms with Gasteiger partial charge in [0.2, 0.25) is 5.91 Å². The van der Waals surface area contributed by atoms with Crippen molar-refractivity contribution in [3.63, 3.8) is 0 Å². The number of rotatable bonds is 6. The third-order valence-electron chi connectivity index (χ3n) is 8.44. The highest BCUT2D eigenvalue weighted by molar-refractivity contribution is 6.01. The number of amides is 4. The molecule has 0 aliphatic carbocycles. The van der Waals surface area contributed by atoms with E-state index in [4.69, 9.17) is 9.47 Å². The fraction of sp³-hybridized carbons (Fsp3) is 0.371. The van der Waals surface area contributed by atoms with E-state index in [0.717, 1.165) is 0 Å². The van der Waals surface area contributed by atoms with E-state index in [1.807, 2.05) is 13.8 Å². The maximum atomic E-state index is 14.9. The van der Waals surface area contributed by atoms with Crippen molar-refractivity contribution >= 4 is 34.7 Å². The van der Waals surface area contributed by atoms with Crippen molar-refractivity contribution in [1.29, 1.82) is 0 Å². The Labute approximate surface area is 282 Å². The van der Waals surface area contributed by atoms with Gasteiger partial charge in [-0.05, 0) is 54.8 Å². The Morgan fingerprint density at radius 2 is 1.82 bits per heavy atom. The summed E-state index contributed by atoms with van der Waals surface area (Å²) < 4.78 is 28.8. The molecular weight excluding hydrogens is 633 g/mol. The second-order valence-corrected chi connectivity index (χ2v) is 12.3. The summed E-state index contributed by atoms with van der Waals surface area (Å²) in [6.07, 6.45) is 3.75. The van der Waals surface area contributed by atoms with E-state index in [0.29, 0.717) is 41.5 Å². The van der Waals surface area contributed by atoms with Gasteiger partial charge < -0.3 is 29.9 Å². The molecule has 4 amide bonds. The van der Waals surface area contributed by atoms with E-state index in [2.05, 4.69) is 20.7 Å². The first-order chi connectivity index (χ1) is 23.6. The minimum absolute atomic E-state index is 0.0408. The van der Waals surface area contributed by atoms with Crippen molar-refractivity contribution in [1.82, 2.24) is 35.2 Å². The van der Waals surface area contributed by atoms with Crippen molar-refractivity contribution in [3.05, 3.63) is 82.9 Å². The molecule has 0 radical (unpaired) electrons. The number of nitrogens with one attached hydrogen (secondary N) is 2. The van der Waals surface area contributed by atoms with Gasteiger partial charge in [0.25, 0.3) is 17.7 Å². The van der Waals surface area contributed by atoms with Gasteiger partial charge >= 0.3 is 0 Å². The molecule has 2 aromatic carbocycles. The van der Waals surface area contributed by atoms with Crippen molar-refractivity contribution in [3.8, 4) is 11.5 Å². The molecule has 1 fully saturated rings. The summed E-state index contributed by atoms with van der Waals surface area (Å²) in [5.74, 6) is -1.89. The van der Waals surface area contributed by atoms with Crippen LogP contribution in [0.4, 0.5) is 4.39 Å². The molecule has 0 saturated carbocycles. The van der Waals surface area contributed by atoms with E-state index in [-0.39, 0.29) is 61.3 Å². The number of likely N-dealkylation sites (tertiary alicyclic amines) is 1. The van der Waals surface area contributed by atoms with Gasteiger partial charge in [-0.15, -0.1) is 0 Å². The van der Waals surface area contributed by atoms with Crippen LogP contribution in [0.1, 0.15) is 63.3 Å². The van der Waals surface area contributed by atoms with Gasteiger partial charge in [-0.1, -0.05) is 13.8 Å². The summed E-state index contributed by atoms with van der Waals surface area (Å²) >= 11 is 0. The first-order valence-electron chi connectivity index (χ1n) is 16.3. The molecule has 0 unspecified atom stereocenters. The smallest absolute Gasteiger partial charge is 0.255 e. The van der Waals surface area contributed by atoms with Gasteiger partial charge in [0.15, 0.2) is 0 Å². The number of aryl methyl sites for hydroxylation is 1. The summed E-state index contributed by atoms with van der Waals surface area (Å²) in [6, 6.07) is 9.62. The number of pyridine rings is 1. The van der Waals surface area contributed by atoms with E-state index in [1.54, 1.807) is 35.0 Å². The monoisotopic (exact) mass is 671 g/mol. The lowest BCUT2D eigenvalue weighted by atomic mass is 10.1. The summed E-state index contributed by atoms with van der Waals surface area (Å²) in [7, 11) is 1.76. The van der Waals surface area contributed by atoms with Crippen LogP contribution in [0, 0.1) is 5.82 Å². The molecule has 256 valence electrons. The van der Waals surface area contributed by atoms with Crippen LogP contribution < -0.4 is 15.4 Å². The molecule has 4 bridgehead atoms. The van der Waals surface area contributed by atoms with Crippen molar-refractivity contribution < 1.29 is 33.0 Å². The molecular formula is C35H38FN7O6. The first-order valence-corrected chi connectivity index (χ1v) is 16.3. The third kappa shape index (κ3) is 7.54. The summed E-state index contributed by atoms with van der Waals surface area (Å²) in [5, 5.41) is 9.97. The van der Waals surface area contributed by atoms with Crippen LogP contribution >= 0.6 is 0 Å².